The van der Waals surface area contributed by atoms with Crippen LogP contribution in [0.2, 0.25) is 0 Å². The highest BCUT2D eigenvalue weighted by Gasteiger charge is 2.51. The van der Waals surface area contributed by atoms with Crippen LogP contribution in [-0.2, 0) is 10.3 Å². The van der Waals surface area contributed by atoms with E-state index in [1.807, 2.05) is 38.1 Å². The van der Waals surface area contributed by atoms with Gasteiger partial charge in [-0.3, -0.25) is 9.69 Å². The Labute approximate surface area is 164 Å². The standard InChI is InChI=1S/C22H25FN2O3/c1-3-4-13-22(17-9-11-18(23)12-10-17)20(26)25(21(27)24-22)14-15-28-19-8-6-5-7-16(19)2/h5-12H,3-4,13-15H2,1-2H3,(H,24,27)/t22-/m0/s1. The molecule has 0 aromatic heterocycles. The predicted molar refractivity (Wildman–Crippen MR) is 105 cm³/mol. The molecule has 1 aliphatic rings. The van der Waals surface area contributed by atoms with Crippen LogP contribution in [0.3, 0.4) is 0 Å². The van der Waals surface area contributed by atoms with Crippen LogP contribution in [0.4, 0.5) is 9.18 Å². The van der Waals surface area contributed by atoms with Crippen molar-refractivity contribution in [2.45, 2.75) is 38.6 Å². The van der Waals surface area contributed by atoms with Gasteiger partial charge in [0.15, 0.2) is 0 Å². The third-order valence-electron chi connectivity index (χ3n) is 5.08. The molecule has 28 heavy (non-hydrogen) atoms. The van der Waals surface area contributed by atoms with Crippen LogP contribution in [0.5, 0.6) is 5.75 Å². The Morgan fingerprint density at radius 1 is 1.11 bits per heavy atom. The number of nitrogens with zero attached hydrogens (tertiary/aromatic N) is 1. The van der Waals surface area contributed by atoms with Gasteiger partial charge >= 0.3 is 6.03 Å². The van der Waals surface area contributed by atoms with Gasteiger partial charge in [0.25, 0.3) is 5.91 Å². The fraction of sp³-hybridized carbons (Fsp3) is 0.364. The Morgan fingerprint density at radius 2 is 1.82 bits per heavy atom. The number of ether oxygens (including phenoxy) is 1. The van der Waals surface area contributed by atoms with Crippen molar-refractivity contribution in [2.75, 3.05) is 13.2 Å². The van der Waals surface area contributed by atoms with E-state index < -0.39 is 11.6 Å². The smallest absolute Gasteiger partial charge is 0.325 e. The number of hydrogen-bond donors (Lipinski definition) is 1. The van der Waals surface area contributed by atoms with E-state index in [9.17, 15) is 14.0 Å². The summed E-state index contributed by atoms with van der Waals surface area (Å²) in [7, 11) is 0. The SMILES string of the molecule is CCCC[C@@]1(c2ccc(F)cc2)NC(=O)N(CCOc2ccccc2C)C1=O. The molecule has 3 rings (SSSR count). The number of nitrogens with one attached hydrogen (secondary N) is 1. The quantitative estimate of drug-likeness (QED) is 0.696. The zero-order valence-corrected chi connectivity index (χ0v) is 16.2. The highest BCUT2D eigenvalue weighted by atomic mass is 19.1. The van der Waals surface area contributed by atoms with Crippen molar-refractivity contribution >= 4 is 11.9 Å². The van der Waals surface area contributed by atoms with Gasteiger partial charge in [0.05, 0.1) is 6.54 Å². The lowest BCUT2D eigenvalue weighted by molar-refractivity contribution is -0.132. The van der Waals surface area contributed by atoms with E-state index in [0.29, 0.717) is 12.0 Å². The average Bonchev–Trinajstić information content (AvgIpc) is 2.93. The lowest BCUT2D eigenvalue weighted by Gasteiger charge is -2.27. The number of benzene rings is 2. The zero-order valence-electron chi connectivity index (χ0n) is 16.2. The first-order valence-corrected chi connectivity index (χ1v) is 9.56. The van der Waals surface area contributed by atoms with Crippen LogP contribution in [0.15, 0.2) is 48.5 Å². The zero-order chi connectivity index (χ0) is 20.1. The molecule has 3 amide bonds. The molecule has 0 unspecified atom stereocenters. The number of hydrogen-bond acceptors (Lipinski definition) is 3. The second-order valence-corrected chi connectivity index (χ2v) is 7.02. The van der Waals surface area contributed by atoms with E-state index >= 15 is 0 Å². The number of carbonyl (C=O) groups excluding carboxylic acids is 2. The molecular formula is C22H25FN2O3. The van der Waals surface area contributed by atoms with Crippen LogP contribution in [0.1, 0.15) is 37.3 Å². The third kappa shape index (κ3) is 3.86. The number of rotatable bonds is 8. The van der Waals surface area contributed by atoms with Gasteiger partial charge in [-0.1, -0.05) is 50.1 Å². The summed E-state index contributed by atoms with van der Waals surface area (Å²) in [6.07, 6.45) is 2.11. The molecule has 1 saturated heterocycles. The molecule has 0 aliphatic carbocycles. The fourth-order valence-corrected chi connectivity index (χ4v) is 3.48. The second kappa shape index (κ2) is 8.42. The van der Waals surface area contributed by atoms with Crippen LogP contribution >= 0.6 is 0 Å². The molecule has 6 heteroatoms. The van der Waals surface area contributed by atoms with Crippen LogP contribution < -0.4 is 10.1 Å². The molecule has 0 radical (unpaired) electrons. The highest BCUT2D eigenvalue weighted by Crippen LogP contribution is 2.34. The van der Waals surface area contributed by atoms with Gasteiger partial charge in [-0.05, 0) is 42.7 Å². The van der Waals surface area contributed by atoms with E-state index in [0.717, 1.165) is 24.2 Å². The topological polar surface area (TPSA) is 58.6 Å². The Kier molecular flexibility index (Phi) is 5.97. The summed E-state index contributed by atoms with van der Waals surface area (Å²) in [5.41, 5.74) is 0.440. The summed E-state index contributed by atoms with van der Waals surface area (Å²) >= 11 is 0. The second-order valence-electron chi connectivity index (χ2n) is 7.02. The largest absolute Gasteiger partial charge is 0.491 e. The summed E-state index contributed by atoms with van der Waals surface area (Å²) in [4.78, 5) is 27.0. The van der Waals surface area contributed by atoms with Gasteiger partial charge in [-0.2, -0.15) is 0 Å². The van der Waals surface area contributed by atoms with Crippen molar-refractivity contribution in [1.29, 1.82) is 0 Å². The molecule has 1 aliphatic heterocycles. The summed E-state index contributed by atoms with van der Waals surface area (Å²) in [5.74, 6) is 0.0333. The van der Waals surface area contributed by atoms with Gasteiger partial charge in [0.2, 0.25) is 0 Å². The predicted octanol–water partition coefficient (Wildman–Crippen LogP) is 4.15. The summed E-state index contributed by atoms with van der Waals surface area (Å²) < 4.78 is 19.1. The minimum absolute atomic E-state index is 0.147. The van der Waals surface area contributed by atoms with Crippen LogP contribution in [0.25, 0.3) is 0 Å². The number of urea groups is 1. The maximum Gasteiger partial charge on any atom is 0.325 e. The molecular weight excluding hydrogens is 359 g/mol. The minimum atomic E-state index is -1.15. The monoisotopic (exact) mass is 384 g/mol. The molecule has 5 nitrogen and oxygen atoms in total. The maximum absolute atomic E-state index is 13.4. The molecule has 1 fully saturated rings. The molecule has 148 valence electrons. The number of imide groups is 1. The van der Waals surface area contributed by atoms with Crippen LogP contribution in [-0.4, -0.2) is 30.0 Å². The number of aryl methyl sites for hydroxylation is 1. The van der Waals surface area contributed by atoms with Crippen molar-refractivity contribution in [3.63, 3.8) is 0 Å². The van der Waals surface area contributed by atoms with Crippen molar-refractivity contribution in [3.8, 4) is 5.75 Å². The first-order chi connectivity index (χ1) is 13.5. The van der Waals surface area contributed by atoms with Gasteiger partial charge in [-0.25, -0.2) is 9.18 Å². The fourth-order valence-electron chi connectivity index (χ4n) is 3.48. The minimum Gasteiger partial charge on any atom is -0.491 e. The van der Waals surface area contributed by atoms with Crippen molar-refractivity contribution < 1.29 is 18.7 Å². The number of carbonyl (C=O) groups is 2. The molecule has 0 spiro atoms. The Bertz CT molecular complexity index is 853. The molecule has 2 aromatic carbocycles. The first kappa shape index (κ1) is 19.9. The summed E-state index contributed by atoms with van der Waals surface area (Å²) in [5, 5.41) is 2.86. The highest BCUT2D eigenvalue weighted by molar-refractivity contribution is 6.07. The van der Waals surface area contributed by atoms with Crippen molar-refractivity contribution in [2.24, 2.45) is 0 Å². The van der Waals surface area contributed by atoms with Gasteiger partial charge in [-0.15, -0.1) is 0 Å². The number of halogens is 1. The molecule has 0 bridgehead atoms. The van der Waals surface area contributed by atoms with Gasteiger partial charge in [0.1, 0.15) is 23.7 Å². The van der Waals surface area contributed by atoms with Crippen molar-refractivity contribution in [3.05, 3.63) is 65.5 Å². The normalized spacial score (nSPS) is 19.0. The van der Waals surface area contributed by atoms with Crippen molar-refractivity contribution in [1.82, 2.24) is 10.2 Å². The third-order valence-corrected chi connectivity index (χ3v) is 5.08. The van der Waals surface area contributed by atoms with Gasteiger partial charge in [0, 0.05) is 0 Å². The molecule has 1 heterocycles. The van der Waals surface area contributed by atoms with Gasteiger partial charge < -0.3 is 10.1 Å². The lowest BCUT2D eigenvalue weighted by Crippen LogP contribution is -2.44. The number of amides is 3. The summed E-state index contributed by atoms with van der Waals surface area (Å²) in [6.45, 7) is 4.31. The lowest BCUT2D eigenvalue weighted by atomic mass is 9.85. The summed E-state index contributed by atoms with van der Waals surface area (Å²) in [6, 6.07) is 12.9. The average molecular weight is 384 g/mol. The molecule has 1 N–H and O–H groups in total. The molecule has 2 aromatic rings. The molecule has 1 atom stereocenters. The maximum atomic E-state index is 13.4. The Morgan fingerprint density at radius 3 is 2.50 bits per heavy atom. The number of para-hydroxylation sites is 1. The van der Waals surface area contributed by atoms with E-state index in [2.05, 4.69) is 5.32 Å². The Hall–Kier alpha value is -2.89. The first-order valence-electron chi connectivity index (χ1n) is 9.56. The van der Waals surface area contributed by atoms with E-state index in [4.69, 9.17) is 4.74 Å². The molecule has 0 saturated carbocycles. The Balaban J connectivity index is 1.77. The van der Waals surface area contributed by atoms with E-state index in [1.165, 1.54) is 17.0 Å². The number of unbranched alkanes of at least 4 members (excludes halogenated alkanes) is 1. The van der Waals surface area contributed by atoms with E-state index in [-0.39, 0.29) is 24.9 Å². The van der Waals surface area contributed by atoms with E-state index in [1.54, 1.807) is 12.1 Å². The van der Waals surface area contributed by atoms with Crippen LogP contribution in [0, 0.1) is 12.7 Å².